The van der Waals surface area contributed by atoms with Crippen LogP contribution in [0.3, 0.4) is 0 Å². The Morgan fingerprint density at radius 2 is 1.71 bits per heavy atom. The second kappa shape index (κ2) is 8.40. The quantitative estimate of drug-likeness (QED) is 0.762. The van der Waals surface area contributed by atoms with E-state index in [0.717, 1.165) is 64.0 Å². The lowest BCUT2D eigenvalue weighted by atomic mass is 9.82. The van der Waals surface area contributed by atoms with Crippen molar-refractivity contribution in [1.29, 1.82) is 0 Å². The van der Waals surface area contributed by atoms with Gasteiger partial charge in [-0.05, 0) is 38.3 Å². The van der Waals surface area contributed by atoms with Gasteiger partial charge in [0.1, 0.15) is 0 Å². The molecule has 1 atom stereocenters. The van der Waals surface area contributed by atoms with Crippen molar-refractivity contribution in [2.75, 3.05) is 52.9 Å². The van der Waals surface area contributed by atoms with Crippen molar-refractivity contribution < 1.29 is 13.2 Å². The summed E-state index contributed by atoms with van der Waals surface area (Å²) in [5.74, 6) is 0.0889. The normalized spacial score (nSPS) is 27.8. The first kappa shape index (κ1) is 20.3. The predicted molar refractivity (Wildman–Crippen MR) is 111 cm³/mol. The Morgan fingerprint density at radius 3 is 2.39 bits per heavy atom. The molecule has 28 heavy (non-hydrogen) atoms. The fraction of sp³-hybridized carbons (Fsp3) is 0.714. The molecule has 3 aliphatic heterocycles. The van der Waals surface area contributed by atoms with Crippen LogP contribution in [0, 0.1) is 0 Å². The van der Waals surface area contributed by atoms with Crippen LogP contribution in [-0.2, 0) is 20.5 Å². The highest BCUT2D eigenvalue weighted by atomic mass is 32.2. The van der Waals surface area contributed by atoms with E-state index in [1.165, 1.54) is 0 Å². The highest BCUT2D eigenvalue weighted by molar-refractivity contribution is 7.88. The molecule has 3 fully saturated rings. The molecule has 1 spiro atoms. The van der Waals surface area contributed by atoms with E-state index in [0.29, 0.717) is 19.1 Å². The van der Waals surface area contributed by atoms with E-state index in [-0.39, 0.29) is 11.4 Å². The van der Waals surface area contributed by atoms with E-state index < -0.39 is 10.0 Å². The number of piperidine rings is 1. The van der Waals surface area contributed by atoms with Crippen molar-refractivity contribution in [1.82, 2.24) is 14.1 Å². The topological polar surface area (TPSA) is 53.1 Å². The second-order valence-corrected chi connectivity index (χ2v) is 10.6. The molecule has 0 amide bonds. The fourth-order valence-electron chi connectivity index (χ4n) is 4.90. The van der Waals surface area contributed by atoms with E-state index in [9.17, 15) is 8.42 Å². The Labute approximate surface area is 169 Å². The van der Waals surface area contributed by atoms with Crippen molar-refractivity contribution in [2.24, 2.45) is 0 Å². The number of rotatable bonds is 4. The van der Waals surface area contributed by atoms with Crippen LogP contribution in [0.15, 0.2) is 30.3 Å². The van der Waals surface area contributed by atoms with Crippen LogP contribution in [0.2, 0.25) is 0 Å². The highest BCUT2D eigenvalue weighted by Gasteiger charge is 2.43. The Hall–Kier alpha value is -0.990. The molecular weight excluding hydrogens is 374 g/mol. The molecule has 7 heteroatoms. The van der Waals surface area contributed by atoms with E-state index >= 15 is 0 Å². The van der Waals surface area contributed by atoms with Crippen LogP contribution in [0.25, 0.3) is 0 Å². The Bertz CT molecular complexity index is 739. The number of ether oxygens (including phenoxy) is 1. The van der Waals surface area contributed by atoms with Gasteiger partial charge in [-0.1, -0.05) is 30.3 Å². The lowest BCUT2D eigenvalue weighted by molar-refractivity contribution is -0.129. The molecule has 3 saturated heterocycles. The third-order valence-electron chi connectivity index (χ3n) is 6.74. The van der Waals surface area contributed by atoms with Crippen LogP contribution in [0.4, 0.5) is 0 Å². The third kappa shape index (κ3) is 4.60. The summed E-state index contributed by atoms with van der Waals surface area (Å²) in [5.41, 5.74) is 0.720. The van der Waals surface area contributed by atoms with Gasteiger partial charge in [-0.15, -0.1) is 0 Å². The van der Waals surface area contributed by atoms with Gasteiger partial charge in [-0.3, -0.25) is 4.90 Å². The average molecular weight is 408 g/mol. The van der Waals surface area contributed by atoms with E-state index in [1.807, 2.05) is 30.3 Å². The number of likely N-dealkylation sites (N-methyl/N-ethyl adjacent to an activating group) is 1. The van der Waals surface area contributed by atoms with Crippen LogP contribution in [0.1, 0.15) is 31.2 Å². The molecule has 1 aromatic carbocycles. The lowest BCUT2D eigenvalue weighted by Crippen LogP contribution is -2.57. The van der Waals surface area contributed by atoms with Gasteiger partial charge in [0, 0.05) is 51.9 Å². The zero-order valence-electron chi connectivity index (χ0n) is 16.9. The molecule has 0 radical (unpaired) electrons. The van der Waals surface area contributed by atoms with Crippen molar-refractivity contribution in [3.8, 4) is 0 Å². The number of sulfonamides is 1. The fourth-order valence-corrected chi connectivity index (χ4v) is 6.43. The van der Waals surface area contributed by atoms with Crippen LogP contribution < -0.4 is 0 Å². The highest BCUT2D eigenvalue weighted by Crippen LogP contribution is 2.37. The summed E-state index contributed by atoms with van der Waals surface area (Å²) in [6.45, 7) is 6.48. The molecular formula is C21H33N3O3S. The molecule has 0 aromatic heterocycles. The molecule has 4 rings (SSSR count). The summed E-state index contributed by atoms with van der Waals surface area (Å²) < 4.78 is 33.6. The lowest BCUT2D eigenvalue weighted by Gasteiger charge is -2.49. The minimum atomic E-state index is -3.27. The maximum atomic E-state index is 12.8. The molecule has 0 aliphatic carbocycles. The summed E-state index contributed by atoms with van der Waals surface area (Å²) in [6.07, 6.45) is 3.77. The summed E-state index contributed by atoms with van der Waals surface area (Å²) in [7, 11) is -1.08. The molecule has 156 valence electrons. The van der Waals surface area contributed by atoms with E-state index in [2.05, 4.69) is 16.8 Å². The van der Waals surface area contributed by atoms with Crippen LogP contribution in [0.5, 0.6) is 0 Å². The molecule has 3 heterocycles. The molecule has 6 nitrogen and oxygen atoms in total. The first-order valence-electron chi connectivity index (χ1n) is 10.5. The number of piperazine rings is 1. The summed E-state index contributed by atoms with van der Waals surface area (Å²) in [5, 5.41) is 0. The number of hydrogen-bond acceptors (Lipinski definition) is 5. The first-order chi connectivity index (χ1) is 13.5. The van der Waals surface area contributed by atoms with Gasteiger partial charge in [0.15, 0.2) is 0 Å². The molecule has 3 aliphatic rings. The molecule has 0 bridgehead atoms. The Morgan fingerprint density at radius 1 is 1.04 bits per heavy atom. The van der Waals surface area contributed by atoms with Crippen LogP contribution in [-0.4, -0.2) is 87.1 Å². The zero-order valence-corrected chi connectivity index (χ0v) is 17.7. The van der Waals surface area contributed by atoms with Crippen molar-refractivity contribution in [2.45, 2.75) is 43.1 Å². The van der Waals surface area contributed by atoms with E-state index in [1.54, 1.807) is 4.31 Å². The van der Waals surface area contributed by atoms with Crippen molar-refractivity contribution in [3.63, 3.8) is 0 Å². The van der Waals surface area contributed by atoms with Gasteiger partial charge in [0.05, 0.1) is 11.4 Å². The number of benzene rings is 1. The Kier molecular flexibility index (Phi) is 6.09. The minimum absolute atomic E-state index is 0.0889. The van der Waals surface area contributed by atoms with E-state index in [4.69, 9.17) is 4.74 Å². The maximum Gasteiger partial charge on any atom is 0.218 e. The Balaban J connectivity index is 1.35. The van der Waals surface area contributed by atoms with Crippen molar-refractivity contribution >= 4 is 10.0 Å². The summed E-state index contributed by atoms with van der Waals surface area (Å²) in [6, 6.07) is 10.0. The van der Waals surface area contributed by atoms with Gasteiger partial charge < -0.3 is 9.64 Å². The van der Waals surface area contributed by atoms with Crippen LogP contribution >= 0.6 is 0 Å². The minimum Gasteiger partial charge on any atom is -0.375 e. The van der Waals surface area contributed by atoms with Gasteiger partial charge in [-0.2, -0.15) is 0 Å². The molecule has 0 saturated carbocycles. The van der Waals surface area contributed by atoms with Crippen molar-refractivity contribution in [3.05, 3.63) is 35.9 Å². The largest absolute Gasteiger partial charge is 0.375 e. The SMILES string of the molecule is CN1CCN(C2CCOC3(CCN(S(=O)(=O)Cc4ccccc4)CC3)C2)CC1. The third-order valence-corrected chi connectivity index (χ3v) is 8.59. The van der Waals surface area contributed by atoms with Gasteiger partial charge >= 0.3 is 0 Å². The van der Waals surface area contributed by atoms with Gasteiger partial charge in [0.2, 0.25) is 10.0 Å². The molecule has 1 unspecified atom stereocenters. The number of hydrogen-bond donors (Lipinski definition) is 0. The molecule has 1 aromatic rings. The smallest absolute Gasteiger partial charge is 0.218 e. The second-order valence-electron chi connectivity index (χ2n) is 8.66. The molecule has 0 N–H and O–H groups in total. The number of nitrogens with zero attached hydrogens (tertiary/aromatic N) is 3. The monoisotopic (exact) mass is 407 g/mol. The maximum absolute atomic E-state index is 12.8. The zero-order chi connectivity index (χ0) is 19.6. The standard InChI is InChI=1S/C21H33N3O3S/c1-22-12-14-23(15-13-22)20-7-16-27-21(17-20)8-10-24(11-9-21)28(25,26)18-19-5-3-2-4-6-19/h2-6,20H,7-18H2,1H3. The first-order valence-corrected chi connectivity index (χ1v) is 12.2. The predicted octanol–water partition coefficient (Wildman–Crippen LogP) is 1.78. The van der Waals surface area contributed by atoms with Gasteiger partial charge in [0.25, 0.3) is 0 Å². The summed E-state index contributed by atoms with van der Waals surface area (Å²) in [4.78, 5) is 5.02. The van der Waals surface area contributed by atoms with Gasteiger partial charge in [-0.25, -0.2) is 12.7 Å². The average Bonchev–Trinajstić information content (AvgIpc) is 2.69. The summed E-state index contributed by atoms with van der Waals surface area (Å²) >= 11 is 0.